The first-order valence-electron chi connectivity index (χ1n) is 11.9. The van der Waals surface area contributed by atoms with Gasteiger partial charge in [0.25, 0.3) is 5.91 Å². The summed E-state index contributed by atoms with van der Waals surface area (Å²) in [5.41, 5.74) is 2.70. The van der Waals surface area contributed by atoms with E-state index >= 15 is 0 Å². The largest absolute Gasteiger partial charge is 0.484 e. The van der Waals surface area contributed by atoms with Crippen molar-refractivity contribution >= 4 is 17.3 Å². The molecule has 2 aromatic carbocycles. The summed E-state index contributed by atoms with van der Waals surface area (Å²) in [5.74, 6) is 1.58. The molecule has 8 heteroatoms. The molecule has 2 heterocycles. The van der Waals surface area contributed by atoms with Crippen molar-refractivity contribution in [3.8, 4) is 17.1 Å². The van der Waals surface area contributed by atoms with Gasteiger partial charge in [-0.25, -0.2) is 0 Å². The Kier molecular flexibility index (Phi) is 7.80. The third kappa shape index (κ3) is 6.35. The Hall–Kier alpha value is -3.39. The quantitative estimate of drug-likeness (QED) is 0.490. The molecule has 0 saturated carbocycles. The molecule has 1 aliphatic heterocycles. The number of hydrogen-bond acceptors (Lipinski definition) is 7. The van der Waals surface area contributed by atoms with Crippen molar-refractivity contribution in [2.75, 3.05) is 29.9 Å². The Morgan fingerprint density at radius 3 is 2.47 bits per heavy atom. The third-order valence-electron chi connectivity index (χ3n) is 5.63. The van der Waals surface area contributed by atoms with Crippen LogP contribution in [-0.4, -0.2) is 48.0 Å². The predicted octanol–water partition coefficient (Wildman–Crippen LogP) is 4.71. The number of rotatable bonds is 9. The zero-order valence-electron chi connectivity index (χ0n) is 20.0. The summed E-state index contributed by atoms with van der Waals surface area (Å²) >= 11 is 0. The van der Waals surface area contributed by atoms with Crippen LogP contribution in [0.4, 0.5) is 11.4 Å². The number of hydrogen-bond donors (Lipinski definition) is 1. The number of carbonyl (C=O) groups is 1. The van der Waals surface area contributed by atoms with Gasteiger partial charge in [0.2, 0.25) is 11.7 Å². The van der Waals surface area contributed by atoms with Crippen molar-refractivity contribution < 1.29 is 18.8 Å². The van der Waals surface area contributed by atoms with E-state index in [0.717, 1.165) is 49.3 Å². The first-order valence-corrected chi connectivity index (χ1v) is 11.9. The average Bonchev–Trinajstić information content (AvgIpc) is 3.31. The molecule has 180 valence electrons. The van der Waals surface area contributed by atoms with Crippen molar-refractivity contribution in [1.82, 2.24) is 10.1 Å². The van der Waals surface area contributed by atoms with Crippen LogP contribution >= 0.6 is 0 Å². The fourth-order valence-electron chi connectivity index (χ4n) is 3.99. The van der Waals surface area contributed by atoms with E-state index in [-0.39, 0.29) is 24.7 Å². The van der Waals surface area contributed by atoms with Crippen molar-refractivity contribution in [2.45, 2.75) is 52.2 Å². The van der Waals surface area contributed by atoms with Crippen LogP contribution < -0.4 is 15.0 Å². The first-order chi connectivity index (χ1) is 16.5. The van der Waals surface area contributed by atoms with Gasteiger partial charge in [0.15, 0.2) is 6.61 Å². The fourth-order valence-corrected chi connectivity index (χ4v) is 3.99. The number of unbranched alkanes of at least 4 members (excludes halogenated alkanes) is 1. The number of nitrogens with one attached hydrogen (secondary N) is 1. The molecule has 0 spiro atoms. The average molecular weight is 465 g/mol. The summed E-state index contributed by atoms with van der Waals surface area (Å²) in [4.78, 5) is 19.1. The molecule has 2 unspecified atom stereocenters. The van der Waals surface area contributed by atoms with Crippen LogP contribution in [0, 0.1) is 0 Å². The summed E-state index contributed by atoms with van der Waals surface area (Å²) in [6, 6.07) is 15.2. The maximum absolute atomic E-state index is 12.3. The van der Waals surface area contributed by atoms with E-state index in [4.69, 9.17) is 14.0 Å². The number of carbonyl (C=O) groups excluding carboxylic acids is 1. The van der Waals surface area contributed by atoms with Gasteiger partial charge in [-0.2, -0.15) is 4.98 Å². The Morgan fingerprint density at radius 2 is 1.79 bits per heavy atom. The standard InChI is InChI=1S/C26H32N4O4/c1-4-5-6-25-28-26(29-34-25)20-7-13-23(14-8-20)32-17-24(31)27-21-9-11-22(12-10-21)30-15-18(2)33-19(3)16-30/h7-14,18-19H,4-6,15-17H2,1-3H3,(H,27,31). The second kappa shape index (κ2) is 11.2. The van der Waals surface area contributed by atoms with E-state index in [9.17, 15) is 4.79 Å². The van der Waals surface area contributed by atoms with Crippen molar-refractivity contribution in [3.63, 3.8) is 0 Å². The molecule has 1 fully saturated rings. The van der Waals surface area contributed by atoms with Gasteiger partial charge in [0.05, 0.1) is 12.2 Å². The van der Waals surface area contributed by atoms with Gasteiger partial charge < -0.3 is 24.2 Å². The lowest BCUT2D eigenvalue weighted by Crippen LogP contribution is -2.45. The number of morpholine rings is 1. The van der Waals surface area contributed by atoms with Crippen molar-refractivity contribution in [3.05, 3.63) is 54.4 Å². The zero-order valence-corrected chi connectivity index (χ0v) is 20.0. The van der Waals surface area contributed by atoms with Crippen LogP contribution in [0.25, 0.3) is 11.4 Å². The van der Waals surface area contributed by atoms with Crippen LogP contribution in [0.15, 0.2) is 53.1 Å². The Bertz CT molecular complexity index is 1060. The van der Waals surface area contributed by atoms with Gasteiger partial charge in [0, 0.05) is 36.4 Å². The number of aromatic nitrogens is 2. The minimum atomic E-state index is -0.218. The van der Waals surface area contributed by atoms with Crippen LogP contribution in [0.1, 0.15) is 39.5 Å². The molecule has 2 atom stereocenters. The molecule has 4 rings (SSSR count). The van der Waals surface area contributed by atoms with Crippen molar-refractivity contribution in [1.29, 1.82) is 0 Å². The van der Waals surface area contributed by atoms with E-state index < -0.39 is 0 Å². The van der Waals surface area contributed by atoms with E-state index in [1.807, 2.05) is 36.4 Å². The zero-order chi connectivity index (χ0) is 23.9. The molecule has 0 bridgehead atoms. The SMILES string of the molecule is CCCCc1nc(-c2ccc(OCC(=O)Nc3ccc(N4CC(C)OC(C)C4)cc3)cc2)no1. The van der Waals surface area contributed by atoms with E-state index in [1.54, 1.807) is 12.1 Å². The number of nitrogens with zero attached hydrogens (tertiary/aromatic N) is 3. The molecular weight excluding hydrogens is 432 g/mol. The summed E-state index contributed by atoms with van der Waals surface area (Å²) in [6.45, 7) is 7.92. The summed E-state index contributed by atoms with van der Waals surface area (Å²) in [6.07, 6.45) is 3.28. The number of benzene rings is 2. The summed E-state index contributed by atoms with van der Waals surface area (Å²) in [5, 5.41) is 6.91. The van der Waals surface area contributed by atoms with Gasteiger partial charge in [-0.1, -0.05) is 18.5 Å². The molecule has 0 radical (unpaired) electrons. The highest BCUT2D eigenvalue weighted by atomic mass is 16.5. The predicted molar refractivity (Wildman–Crippen MR) is 131 cm³/mol. The van der Waals surface area contributed by atoms with Crippen LogP contribution in [0.3, 0.4) is 0 Å². The summed E-state index contributed by atoms with van der Waals surface area (Å²) < 4.78 is 16.7. The molecule has 1 saturated heterocycles. The lowest BCUT2D eigenvalue weighted by molar-refractivity contribution is -0.118. The molecule has 1 aromatic heterocycles. The Morgan fingerprint density at radius 1 is 1.09 bits per heavy atom. The number of ether oxygens (including phenoxy) is 2. The monoisotopic (exact) mass is 464 g/mol. The topological polar surface area (TPSA) is 89.7 Å². The smallest absolute Gasteiger partial charge is 0.262 e. The Labute approximate surface area is 200 Å². The van der Waals surface area contributed by atoms with E-state index in [1.165, 1.54) is 0 Å². The molecule has 1 amide bonds. The maximum atomic E-state index is 12.3. The minimum Gasteiger partial charge on any atom is -0.484 e. The maximum Gasteiger partial charge on any atom is 0.262 e. The second-order valence-electron chi connectivity index (χ2n) is 8.69. The molecule has 8 nitrogen and oxygen atoms in total. The number of aryl methyl sites for hydroxylation is 1. The number of anilines is 2. The van der Waals surface area contributed by atoms with Gasteiger partial charge >= 0.3 is 0 Å². The minimum absolute atomic E-state index is 0.0804. The molecule has 34 heavy (non-hydrogen) atoms. The lowest BCUT2D eigenvalue weighted by Gasteiger charge is -2.36. The van der Waals surface area contributed by atoms with Gasteiger partial charge in [-0.15, -0.1) is 0 Å². The van der Waals surface area contributed by atoms with Crippen LogP contribution in [0.2, 0.25) is 0 Å². The second-order valence-corrected chi connectivity index (χ2v) is 8.69. The highest BCUT2D eigenvalue weighted by Crippen LogP contribution is 2.23. The Balaban J connectivity index is 1.25. The van der Waals surface area contributed by atoms with Gasteiger partial charge in [-0.05, 0) is 68.8 Å². The third-order valence-corrected chi connectivity index (χ3v) is 5.63. The lowest BCUT2D eigenvalue weighted by atomic mass is 10.2. The highest BCUT2D eigenvalue weighted by molar-refractivity contribution is 5.92. The van der Waals surface area contributed by atoms with Crippen LogP contribution in [0.5, 0.6) is 5.75 Å². The van der Waals surface area contributed by atoms with Gasteiger partial charge in [-0.3, -0.25) is 4.79 Å². The molecule has 1 aliphatic rings. The van der Waals surface area contributed by atoms with Crippen molar-refractivity contribution in [2.24, 2.45) is 0 Å². The number of amides is 1. The van der Waals surface area contributed by atoms with E-state index in [2.05, 4.69) is 41.1 Å². The van der Waals surface area contributed by atoms with E-state index in [0.29, 0.717) is 17.5 Å². The molecular formula is C26H32N4O4. The molecule has 1 N–H and O–H groups in total. The fraction of sp³-hybridized carbons (Fsp3) is 0.423. The van der Waals surface area contributed by atoms with Crippen LogP contribution in [-0.2, 0) is 16.0 Å². The highest BCUT2D eigenvalue weighted by Gasteiger charge is 2.22. The normalized spacial score (nSPS) is 18.0. The summed E-state index contributed by atoms with van der Waals surface area (Å²) in [7, 11) is 0. The molecule has 3 aromatic rings. The molecule has 0 aliphatic carbocycles. The first kappa shape index (κ1) is 23.8. The van der Waals surface area contributed by atoms with Gasteiger partial charge in [0.1, 0.15) is 5.75 Å².